The first-order chi connectivity index (χ1) is 10.9. The third-order valence-corrected chi connectivity index (χ3v) is 4.42. The molecule has 1 unspecified atom stereocenters. The molecule has 23 heavy (non-hydrogen) atoms. The molecule has 1 aromatic rings. The molecule has 1 atom stereocenters. The molecule has 0 spiro atoms. The molecule has 0 bridgehead atoms. The average molecular weight is 317 g/mol. The highest BCUT2D eigenvalue weighted by molar-refractivity contribution is 5.74. The Labute approximate surface area is 138 Å². The van der Waals surface area contributed by atoms with Gasteiger partial charge in [0, 0.05) is 26.3 Å². The van der Waals surface area contributed by atoms with Crippen LogP contribution in [0, 0.1) is 6.92 Å². The molecule has 0 radical (unpaired) electrons. The number of likely N-dealkylation sites (tertiary alicyclic amines) is 1. The van der Waals surface area contributed by atoms with Gasteiger partial charge in [-0.1, -0.05) is 36.8 Å². The number of rotatable bonds is 5. The van der Waals surface area contributed by atoms with Gasteiger partial charge in [0.2, 0.25) is 5.91 Å². The fourth-order valence-electron chi connectivity index (χ4n) is 3.21. The first-order valence-electron chi connectivity index (χ1n) is 8.47. The number of amides is 1. The average Bonchev–Trinajstić information content (AvgIpc) is 2.50. The van der Waals surface area contributed by atoms with Crippen molar-refractivity contribution < 1.29 is 14.3 Å². The molecule has 1 fully saturated rings. The Kier molecular flexibility index (Phi) is 5.80. The summed E-state index contributed by atoms with van der Waals surface area (Å²) in [6, 6.07) is 8.31. The van der Waals surface area contributed by atoms with Crippen molar-refractivity contribution in [2.45, 2.75) is 58.5 Å². The third-order valence-electron chi connectivity index (χ3n) is 4.42. The van der Waals surface area contributed by atoms with Crippen LogP contribution in [0.5, 0.6) is 0 Å². The van der Waals surface area contributed by atoms with Crippen molar-refractivity contribution in [2.75, 3.05) is 13.1 Å². The summed E-state index contributed by atoms with van der Waals surface area (Å²) in [5.74, 6) is -0.116. The van der Waals surface area contributed by atoms with Gasteiger partial charge in [0.05, 0.1) is 6.54 Å². The van der Waals surface area contributed by atoms with E-state index in [4.69, 9.17) is 4.74 Å². The molecule has 0 aliphatic carbocycles. The second-order valence-corrected chi connectivity index (χ2v) is 6.61. The molecule has 0 N–H and O–H groups in total. The summed E-state index contributed by atoms with van der Waals surface area (Å²) in [6.45, 7) is 6.84. The minimum atomic E-state index is -0.592. The lowest BCUT2D eigenvalue weighted by molar-refractivity contribution is -0.168. The Morgan fingerprint density at radius 1 is 1.26 bits per heavy atom. The zero-order chi connectivity index (χ0) is 16.9. The first-order valence-corrected chi connectivity index (χ1v) is 8.47. The fourth-order valence-corrected chi connectivity index (χ4v) is 3.21. The fraction of sp³-hybridized carbons (Fsp3) is 0.579. The van der Waals surface area contributed by atoms with Crippen LogP contribution >= 0.6 is 0 Å². The summed E-state index contributed by atoms with van der Waals surface area (Å²) < 4.78 is 5.90. The lowest BCUT2D eigenvalue weighted by Crippen LogP contribution is -2.53. The molecule has 126 valence electrons. The summed E-state index contributed by atoms with van der Waals surface area (Å²) >= 11 is 0. The van der Waals surface area contributed by atoms with E-state index < -0.39 is 5.60 Å². The van der Waals surface area contributed by atoms with E-state index >= 15 is 0 Å². The van der Waals surface area contributed by atoms with E-state index in [1.54, 1.807) is 11.8 Å². The van der Waals surface area contributed by atoms with Crippen LogP contribution in [0.4, 0.5) is 0 Å². The van der Waals surface area contributed by atoms with Gasteiger partial charge in [-0.25, -0.2) is 0 Å². The molecule has 1 aliphatic heterocycles. The molecule has 1 saturated heterocycles. The molecule has 1 aliphatic rings. The summed E-state index contributed by atoms with van der Waals surface area (Å²) in [4.78, 5) is 25.7. The van der Waals surface area contributed by atoms with Crippen LogP contribution in [0.25, 0.3) is 0 Å². The van der Waals surface area contributed by atoms with Gasteiger partial charge in [0.25, 0.3) is 0 Å². The van der Waals surface area contributed by atoms with Crippen molar-refractivity contribution in [3.63, 3.8) is 0 Å². The van der Waals surface area contributed by atoms with Gasteiger partial charge in [0.1, 0.15) is 5.60 Å². The number of hydrogen-bond donors (Lipinski definition) is 0. The van der Waals surface area contributed by atoms with E-state index in [1.165, 1.54) is 5.56 Å². The predicted octanol–water partition coefficient (Wildman–Crippen LogP) is 3.26. The van der Waals surface area contributed by atoms with Crippen molar-refractivity contribution >= 4 is 11.9 Å². The molecule has 1 amide bonds. The molecular formula is C19H27NO3. The van der Waals surface area contributed by atoms with Crippen molar-refractivity contribution in [2.24, 2.45) is 0 Å². The number of ether oxygens (including phenoxy) is 1. The second kappa shape index (κ2) is 7.62. The Hall–Kier alpha value is -1.84. The minimum absolute atomic E-state index is 0.0459. The van der Waals surface area contributed by atoms with Crippen LogP contribution in [0.3, 0.4) is 0 Å². The van der Waals surface area contributed by atoms with E-state index in [9.17, 15) is 9.59 Å². The molecule has 1 aromatic carbocycles. The Morgan fingerprint density at radius 3 is 2.57 bits per heavy atom. The number of hydrogen-bond acceptors (Lipinski definition) is 3. The van der Waals surface area contributed by atoms with Gasteiger partial charge in [-0.2, -0.15) is 0 Å². The molecule has 0 saturated carbocycles. The number of benzene rings is 1. The van der Waals surface area contributed by atoms with Crippen LogP contribution in [0.1, 0.15) is 50.7 Å². The summed E-state index contributed by atoms with van der Waals surface area (Å²) in [7, 11) is 0. The van der Waals surface area contributed by atoms with Crippen molar-refractivity contribution in [3.05, 3.63) is 35.4 Å². The van der Waals surface area contributed by atoms with E-state index in [2.05, 4.69) is 31.2 Å². The highest BCUT2D eigenvalue weighted by Gasteiger charge is 2.39. The monoisotopic (exact) mass is 317 g/mol. The summed E-state index contributed by atoms with van der Waals surface area (Å²) in [5.41, 5.74) is 1.76. The molecule has 0 aromatic heterocycles. The maximum Gasteiger partial charge on any atom is 0.306 e. The largest absolute Gasteiger partial charge is 0.457 e. The van der Waals surface area contributed by atoms with Gasteiger partial charge in [-0.3, -0.25) is 9.59 Å². The molecule has 4 heteroatoms. The number of esters is 1. The Morgan fingerprint density at radius 2 is 1.96 bits per heavy atom. The molecule has 4 nitrogen and oxygen atoms in total. The molecule has 2 rings (SSSR count). The number of nitrogens with zero attached hydrogens (tertiary/aromatic N) is 1. The van der Waals surface area contributed by atoms with E-state index in [0.29, 0.717) is 19.4 Å². The number of aryl methyl sites for hydroxylation is 1. The van der Waals surface area contributed by atoms with Crippen molar-refractivity contribution in [3.8, 4) is 0 Å². The van der Waals surface area contributed by atoms with Gasteiger partial charge >= 0.3 is 5.97 Å². The highest BCUT2D eigenvalue weighted by atomic mass is 16.6. The van der Waals surface area contributed by atoms with Crippen molar-refractivity contribution in [1.82, 2.24) is 4.90 Å². The van der Waals surface area contributed by atoms with Gasteiger partial charge in [-0.15, -0.1) is 0 Å². The summed E-state index contributed by atoms with van der Waals surface area (Å²) in [6.07, 6.45) is 3.53. The van der Waals surface area contributed by atoms with Crippen LogP contribution in [0.2, 0.25) is 0 Å². The first kappa shape index (κ1) is 17.5. The second-order valence-electron chi connectivity index (χ2n) is 6.61. The zero-order valence-electron chi connectivity index (χ0n) is 14.4. The van der Waals surface area contributed by atoms with E-state index in [-0.39, 0.29) is 11.9 Å². The van der Waals surface area contributed by atoms with Crippen molar-refractivity contribution in [1.29, 1.82) is 0 Å². The Bertz CT molecular complexity index is 552. The maximum atomic E-state index is 12.1. The van der Waals surface area contributed by atoms with Crippen LogP contribution < -0.4 is 0 Å². The standard InChI is InChI=1S/C19H27NO3/c1-4-6-18(22)23-19(11-5-12-20(14-19)16(3)21)13-17-9-7-15(2)8-10-17/h7-10H,4-6,11-14H2,1-3H3. The summed E-state index contributed by atoms with van der Waals surface area (Å²) in [5, 5.41) is 0. The molecular weight excluding hydrogens is 290 g/mol. The third kappa shape index (κ3) is 4.81. The smallest absolute Gasteiger partial charge is 0.306 e. The molecule has 1 heterocycles. The van der Waals surface area contributed by atoms with E-state index in [1.807, 2.05) is 6.92 Å². The Balaban J connectivity index is 2.21. The normalized spacial score (nSPS) is 21.1. The van der Waals surface area contributed by atoms with Crippen LogP contribution in [-0.2, 0) is 20.7 Å². The van der Waals surface area contributed by atoms with E-state index in [0.717, 1.165) is 31.4 Å². The number of piperidine rings is 1. The SMILES string of the molecule is CCCC(=O)OC1(Cc2ccc(C)cc2)CCCN(C(C)=O)C1. The lowest BCUT2D eigenvalue weighted by atomic mass is 9.86. The maximum absolute atomic E-state index is 12.1. The predicted molar refractivity (Wildman–Crippen MR) is 90.1 cm³/mol. The van der Waals surface area contributed by atoms with Gasteiger partial charge in [0.15, 0.2) is 0 Å². The van der Waals surface area contributed by atoms with Crippen LogP contribution in [0.15, 0.2) is 24.3 Å². The zero-order valence-corrected chi connectivity index (χ0v) is 14.4. The van der Waals surface area contributed by atoms with Crippen LogP contribution in [-0.4, -0.2) is 35.5 Å². The number of carbonyl (C=O) groups is 2. The van der Waals surface area contributed by atoms with Gasteiger partial charge < -0.3 is 9.64 Å². The highest BCUT2D eigenvalue weighted by Crippen LogP contribution is 2.30. The topological polar surface area (TPSA) is 46.6 Å². The minimum Gasteiger partial charge on any atom is -0.457 e. The van der Waals surface area contributed by atoms with Gasteiger partial charge in [-0.05, 0) is 31.7 Å². The lowest BCUT2D eigenvalue weighted by Gasteiger charge is -2.42. The quantitative estimate of drug-likeness (QED) is 0.783. The number of carbonyl (C=O) groups excluding carboxylic acids is 2.